The standard InChI is InChI=1S/C18H25N3/c1-18(2)10-4-3-7-15(18)17(21-19)14-8-9-16-13(12-14)6-5-11-20-16/h5-6,8-9,11-12,15,17,21H,3-4,7,10,19H2,1-2H3. The van der Waals surface area contributed by atoms with Gasteiger partial charge < -0.3 is 0 Å². The second kappa shape index (κ2) is 5.74. The molecule has 0 spiro atoms. The molecule has 1 aliphatic carbocycles. The molecule has 3 heteroatoms. The smallest absolute Gasteiger partial charge is 0.0702 e. The maximum Gasteiger partial charge on any atom is 0.0702 e. The number of benzene rings is 1. The first-order valence-corrected chi connectivity index (χ1v) is 7.93. The normalized spacial score (nSPS) is 23.1. The van der Waals surface area contributed by atoms with Gasteiger partial charge >= 0.3 is 0 Å². The summed E-state index contributed by atoms with van der Waals surface area (Å²) in [4.78, 5) is 4.40. The average Bonchev–Trinajstić information content (AvgIpc) is 2.49. The highest BCUT2D eigenvalue weighted by molar-refractivity contribution is 5.79. The molecule has 2 aromatic rings. The highest BCUT2D eigenvalue weighted by Gasteiger charge is 2.37. The third kappa shape index (κ3) is 2.81. The highest BCUT2D eigenvalue weighted by atomic mass is 15.2. The van der Waals surface area contributed by atoms with Gasteiger partial charge in [-0.2, -0.15) is 0 Å². The first-order chi connectivity index (χ1) is 10.1. The van der Waals surface area contributed by atoms with Crippen LogP contribution in [0.2, 0.25) is 0 Å². The van der Waals surface area contributed by atoms with Gasteiger partial charge in [-0.05, 0) is 47.9 Å². The number of nitrogens with one attached hydrogen (secondary N) is 1. The van der Waals surface area contributed by atoms with E-state index in [0.29, 0.717) is 11.3 Å². The van der Waals surface area contributed by atoms with Crippen LogP contribution in [-0.4, -0.2) is 4.98 Å². The van der Waals surface area contributed by atoms with Crippen molar-refractivity contribution in [2.24, 2.45) is 17.2 Å². The van der Waals surface area contributed by atoms with Crippen LogP contribution in [0.3, 0.4) is 0 Å². The molecule has 0 bridgehead atoms. The average molecular weight is 283 g/mol. The summed E-state index contributed by atoms with van der Waals surface area (Å²) < 4.78 is 0. The van der Waals surface area contributed by atoms with E-state index in [4.69, 9.17) is 5.84 Å². The number of hydrogen-bond donors (Lipinski definition) is 2. The minimum absolute atomic E-state index is 0.213. The predicted octanol–water partition coefficient (Wildman–Crippen LogP) is 3.96. The van der Waals surface area contributed by atoms with Gasteiger partial charge in [0.15, 0.2) is 0 Å². The lowest BCUT2D eigenvalue weighted by Gasteiger charge is -2.43. The van der Waals surface area contributed by atoms with E-state index in [0.717, 1.165) is 5.52 Å². The van der Waals surface area contributed by atoms with Gasteiger partial charge in [0.2, 0.25) is 0 Å². The molecule has 1 aromatic carbocycles. The van der Waals surface area contributed by atoms with E-state index >= 15 is 0 Å². The zero-order valence-electron chi connectivity index (χ0n) is 13.0. The zero-order valence-corrected chi connectivity index (χ0v) is 13.0. The van der Waals surface area contributed by atoms with Crippen molar-refractivity contribution in [1.82, 2.24) is 10.4 Å². The van der Waals surface area contributed by atoms with Crippen molar-refractivity contribution in [2.45, 2.75) is 45.6 Å². The number of pyridine rings is 1. The van der Waals surface area contributed by atoms with Gasteiger partial charge in [0.1, 0.15) is 0 Å². The van der Waals surface area contributed by atoms with Crippen molar-refractivity contribution in [3.8, 4) is 0 Å². The lowest BCUT2D eigenvalue weighted by molar-refractivity contribution is 0.0983. The van der Waals surface area contributed by atoms with Crippen LogP contribution in [-0.2, 0) is 0 Å². The number of nitrogens with zero attached hydrogens (tertiary/aromatic N) is 1. The summed E-state index contributed by atoms with van der Waals surface area (Å²) in [5, 5.41) is 1.18. The van der Waals surface area contributed by atoms with Gasteiger partial charge in [-0.1, -0.05) is 38.8 Å². The molecule has 0 radical (unpaired) electrons. The van der Waals surface area contributed by atoms with Crippen LogP contribution >= 0.6 is 0 Å². The van der Waals surface area contributed by atoms with Crippen molar-refractivity contribution >= 4 is 10.9 Å². The minimum Gasteiger partial charge on any atom is -0.271 e. The molecule has 1 fully saturated rings. The third-order valence-corrected chi connectivity index (χ3v) is 5.16. The first kappa shape index (κ1) is 14.5. The molecule has 1 aromatic heterocycles. The van der Waals surface area contributed by atoms with Gasteiger partial charge in [0.05, 0.1) is 5.52 Å². The molecule has 112 valence electrons. The lowest BCUT2D eigenvalue weighted by atomic mass is 9.65. The van der Waals surface area contributed by atoms with Crippen LogP contribution in [0, 0.1) is 11.3 Å². The largest absolute Gasteiger partial charge is 0.271 e. The summed E-state index contributed by atoms with van der Waals surface area (Å²) in [7, 11) is 0. The molecule has 2 atom stereocenters. The van der Waals surface area contributed by atoms with E-state index in [1.54, 1.807) is 0 Å². The number of hydrogen-bond acceptors (Lipinski definition) is 3. The van der Waals surface area contributed by atoms with Gasteiger partial charge in [-0.3, -0.25) is 16.3 Å². The van der Waals surface area contributed by atoms with E-state index in [1.807, 2.05) is 12.3 Å². The second-order valence-corrected chi connectivity index (χ2v) is 6.94. The molecule has 0 saturated heterocycles. The van der Waals surface area contributed by atoms with Crippen LogP contribution in [0.5, 0.6) is 0 Å². The Hall–Kier alpha value is -1.45. The van der Waals surface area contributed by atoms with E-state index in [-0.39, 0.29) is 6.04 Å². The fourth-order valence-corrected chi connectivity index (χ4v) is 3.87. The fourth-order valence-electron chi connectivity index (χ4n) is 3.87. The van der Waals surface area contributed by atoms with Crippen molar-refractivity contribution in [2.75, 3.05) is 0 Å². The Morgan fingerprint density at radius 2 is 2.14 bits per heavy atom. The maximum atomic E-state index is 5.94. The molecule has 1 aliphatic rings. The van der Waals surface area contributed by atoms with Gasteiger partial charge in [-0.25, -0.2) is 0 Å². The van der Waals surface area contributed by atoms with E-state index in [1.165, 1.54) is 36.6 Å². The van der Waals surface area contributed by atoms with E-state index < -0.39 is 0 Å². The number of hydrazine groups is 1. The van der Waals surface area contributed by atoms with Crippen LogP contribution < -0.4 is 11.3 Å². The van der Waals surface area contributed by atoms with Crippen LogP contribution in [0.15, 0.2) is 36.5 Å². The summed E-state index contributed by atoms with van der Waals surface area (Å²) in [5.41, 5.74) is 5.74. The quantitative estimate of drug-likeness (QED) is 0.662. The second-order valence-electron chi connectivity index (χ2n) is 6.94. The summed E-state index contributed by atoms with van der Waals surface area (Å²) in [6.07, 6.45) is 7.01. The Balaban J connectivity index is 1.97. The van der Waals surface area contributed by atoms with Crippen molar-refractivity contribution in [1.29, 1.82) is 0 Å². The molecule has 3 nitrogen and oxygen atoms in total. The summed E-state index contributed by atoms with van der Waals surface area (Å²) in [6.45, 7) is 4.76. The Labute approximate surface area is 126 Å². The molecular formula is C18H25N3. The summed E-state index contributed by atoms with van der Waals surface area (Å²) in [5.74, 6) is 6.51. The van der Waals surface area contributed by atoms with Crippen molar-refractivity contribution in [3.63, 3.8) is 0 Å². The molecule has 21 heavy (non-hydrogen) atoms. The molecule has 0 aliphatic heterocycles. The van der Waals surface area contributed by atoms with Crippen LogP contribution in [0.4, 0.5) is 0 Å². The van der Waals surface area contributed by atoms with Gasteiger partial charge in [-0.15, -0.1) is 0 Å². The highest BCUT2D eigenvalue weighted by Crippen LogP contribution is 2.46. The Morgan fingerprint density at radius 1 is 1.29 bits per heavy atom. The molecule has 3 rings (SSSR count). The SMILES string of the molecule is CC1(C)CCCCC1C(NN)c1ccc2ncccc2c1. The third-order valence-electron chi connectivity index (χ3n) is 5.16. The molecule has 3 N–H and O–H groups in total. The Kier molecular flexibility index (Phi) is 3.96. The molecule has 0 amide bonds. The predicted molar refractivity (Wildman–Crippen MR) is 87.5 cm³/mol. The number of nitrogens with two attached hydrogens (primary N) is 1. The Bertz CT molecular complexity index is 621. The van der Waals surface area contributed by atoms with Crippen molar-refractivity contribution < 1.29 is 0 Å². The lowest BCUT2D eigenvalue weighted by Crippen LogP contribution is -2.41. The summed E-state index contributed by atoms with van der Waals surface area (Å²) in [6, 6.07) is 10.8. The molecule has 1 heterocycles. The monoisotopic (exact) mass is 283 g/mol. The van der Waals surface area contributed by atoms with Crippen LogP contribution in [0.25, 0.3) is 10.9 Å². The number of rotatable bonds is 3. The van der Waals surface area contributed by atoms with E-state index in [9.17, 15) is 0 Å². The first-order valence-electron chi connectivity index (χ1n) is 7.93. The zero-order chi connectivity index (χ0) is 14.9. The van der Waals surface area contributed by atoms with E-state index in [2.05, 4.69) is 48.5 Å². The van der Waals surface area contributed by atoms with Gasteiger partial charge in [0, 0.05) is 17.6 Å². The molecule has 2 unspecified atom stereocenters. The molecule has 1 saturated carbocycles. The topological polar surface area (TPSA) is 50.9 Å². The van der Waals surface area contributed by atoms with Crippen molar-refractivity contribution in [3.05, 3.63) is 42.1 Å². The fraction of sp³-hybridized carbons (Fsp3) is 0.500. The van der Waals surface area contributed by atoms with Crippen LogP contribution in [0.1, 0.15) is 51.1 Å². The molecular weight excluding hydrogens is 258 g/mol. The summed E-state index contributed by atoms with van der Waals surface area (Å²) >= 11 is 0. The van der Waals surface area contributed by atoms with Gasteiger partial charge in [0.25, 0.3) is 0 Å². The number of aromatic nitrogens is 1. The maximum absolute atomic E-state index is 5.94. The number of fused-ring (bicyclic) bond motifs is 1. The Morgan fingerprint density at radius 3 is 2.90 bits per heavy atom. The minimum atomic E-state index is 0.213.